The molecule has 90 valence electrons. The molecular weight excluding hydrogens is 220 g/mol. The highest BCUT2D eigenvalue weighted by Gasteiger charge is 2.18. The number of carbonyl (C=O) groups excluding carboxylic acids is 1. The highest BCUT2D eigenvalue weighted by Crippen LogP contribution is 2.25. The molecule has 0 radical (unpaired) electrons. The molecule has 0 fully saturated rings. The molecule has 2 N–H and O–H groups in total. The van der Waals surface area contributed by atoms with Gasteiger partial charge in [0.2, 0.25) is 0 Å². The van der Waals surface area contributed by atoms with E-state index in [0.717, 1.165) is 0 Å². The highest BCUT2D eigenvalue weighted by molar-refractivity contribution is 6.02. The number of aryl methyl sites for hydroxylation is 1. The van der Waals surface area contributed by atoms with E-state index in [9.17, 15) is 4.79 Å². The lowest BCUT2D eigenvalue weighted by Gasteiger charge is -2.04. The number of rotatable bonds is 2. The summed E-state index contributed by atoms with van der Waals surface area (Å²) in [6, 6.07) is 0. The van der Waals surface area contributed by atoms with Crippen LogP contribution in [0.1, 0.15) is 19.0 Å². The Kier molecular flexibility index (Phi) is 2.95. The van der Waals surface area contributed by atoms with Crippen LogP contribution in [0.15, 0.2) is 16.8 Å². The molecular formula is C11H14N4O2. The lowest BCUT2D eigenvalue weighted by molar-refractivity contribution is -0.138. The normalized spacial score (nSPS) is 14.5. The quantitative estimate of drug-likeness (QED) is 0.766. The molecule has 2 rings (SSSR count). The van der Waals surface area contributed by atoms with Gasteiger partial charge in [0.05, 0.1) is 12.8 Å². The zero-order chi connectivity index (χ0) is 12.4. The van der Waals surface area contributed by atoms with Crippen LogP contribution < -0.4 is 5.73 Å². The first-order chi connectivity index (χ1) is 8.10. The average Bonchev–Trinajstić information content (AvgIpc) is 2.50. The van der Waals surface area contributed by atoms with E-state index >= 15 is 0 Å². The van der Waals surface area contributed by atoms with E-state index in [4.69, 9.17) is 10.5 Å². The molecule has 6 nitrogen and oxygen atoms in total. The van der Waals surface area contributed by atoms with Crippen molar-refractivity contribution >= 4 is 23.6 Å². The van der Waals surface area contributed by atoms with Crippen molar-refractivity contribution in [3.8, 4) is 0 Å². The second-order valence-corrected chi connectivity index (χ2v) is 3.74. The standard InChI is InChI=1S/C11H14N4O2/c1-3-17-11(16)7-4-8-9(6-15(2)14-8)13-10(12)5-7/h4,6H,3,5H2,1-2H3,(H2,12,13). The summed E-state index contributed by atoms with van der Waals surface area (Å²) in [5.41, 5.74) is 7.53. The number of amidine groups is 1. The highest BCUT2D eigenvalue weighted by atomic mass is 16.5. The van der Waals surface area contributed by atoms with E-state index in [2.05, 4.69) is 10.1 Å². The van der Waals surface area contributed by atoms with Crippen molar-refractivity contribution < 1.29 is 9.53 Å². The van der Waals surface area contributed by atoms with Crippen molar-refractivity contribution in [2.45, 2.75) is 13.3 Å². The average molecular weight is 234 g/mol. The summed E-state index contributed by atoms with van der Waals surface area (Å²) in [6.07, 6.45) is 3.72. The first-order valence-corrected chi connectivity index (χ1v) is 5.34. The van der Waals surface area contributed by atoms with Crippen LogP contribution in [0.5, 0.6) is 0 Å². The Morgan fingerprint density at radius 2 is 2.41 bits per heavy atom. The zero-order valence-corrected chi connectivity index (χ0v) is 9.80. The minimum Gasteiger partial charge on any atom is -0.463 e. The van der Waals surface area contributed by atoms with E-state index in [-0.39, 0.29) is 5.97 Å². The van der Waals surface area contributed by atoms with Crippen molar-refractivity contribution in [2.24, 2.45) is 17.8 Å². The van der Waals surface area contributed by atoms with Gasteiger partial charge in [0.1, 0.15) is 17.2 Å². The van der Waals surface area contributed by atoms with Crippen LogP contribution in [0.25, 0.3) is 6.08 Å². The van der Waals surface area contributed by atoms with E-state index < -0.39 is 0 Å². The van der Waals surface area contributed by atoms with Gasteiger partial charge in [-0.3, -0.25) is 4.68 Å². The van der Waals surface area contributed by atoms with E-state index in [1.54, 1.807) is 30.9 Å². The largest absolute Gasteiger partial charge is 0.463 e. The fourth-order valence-corrected chi connectivity index (χ4v) is 1.64. The Balaban J connectivity index is 2.40. The number of nitrogens with zero attached hydrogens (tertiary/aromatic N) is 3. The molecule has 1 aromatic rings. The van der Waals surface area contributed by atoms with E-state index in [0.29, 0.717) is 35.8 Å². The van der Waals surface area contributed by atoms with Gasteiger partial charge >= 0.3 is 5.97 Å². The van der Waals surface area contributed by atoms with Gasteiger partial charge in [0.25, 0.3) is 0 Å². The van der Waals surface area contributed by atoms with Gasteiger partial charge in [-0.05, 0) is 13.0 Å². The van der Waals surface area contributed by atoms with Gasteiger partial charge < -0.3 is 10.5 Å². The maximum absolute atomic E-state index is 11.7. The van der Waals surface area contributed by atoms with E-state index in [1.807, 2.05) is 0 Å². The molecule has 0 atom stereocenters. The van der Waals surface area contributed by atoms with Crippen molar-refractivity contribution in [1.29, 1.82) is 0 Å². The second-order valence-electron chi connectivity index (χ2n) is 3.74. The Morgan fingerprint density at radius 3 is 3.12 bits per heavy atom. The third-order valence-corrected chi connectivity index (χ3v) is 2.32. The van der Waals surface area contributed by atoms with Gasteiger partial charge in [-0.2, -0.15) is 5.10 Å². The molecule has 1 aliphatic rings. The van der Waals surface area contributed by atoms with Gasteiger partial charge in [-0.25, -0.2) is 9.79 Å². The summed E-state index contributed by atoms with van der Waals surface area (Å²) in [5, 5.41) is 4.21. The van der Waals surface area contributed by atoms with Crippen LogP contribution in [0, 0.1) is 0 Å². The SMILES string of the molecule is CCOC(=O)C1=Cc2nn(C)cc2N=C(N)C1. The molecule has 0 aliphatic carbocycles. The number of nitrogens with two attached hydrogens (primary N) is 1. The molecule has 2 heterocycles. The summed E-state index contributed by atoms with van der Waals surface area (Å²) in [5.74, 6) is 0.0141. The zero-order valence-electron chi connectivity index (χ0n) is 9.80. The van der Waals surface area contributed by atoms with Crippen molar-refractivity contribution in [1.82, 2.24) is 9.78 Å². The number of esters is 1. The Bertz CT molecular complexity index is 514. The molecule has 6 heteroatoms. The summed E-state index contributed by atoms with van der Waals surface area (Å²) >= 11 is 0. The van der Waals surface area contributed by atoms with Gasteiger partial charge in [0, 0.05) is 19.0 Å². The summed E-state index contributed by atoms with van der Waals surface area (Å²) < 4.78 is 6.59. The molecule has 0 bridgehead atoms. The first kappa shape index (κ1) is 11.4. The molecule has 0 saturated carbocycles. The molecule has 0 aromatic carbocycles. The van der Waals surface area contributed by atoms with Crippen LogP contribution in [0.2, 0.25) is 0 Å². The van der Waals surface area contributed by atoms with E-state index in [1.165, 1.54) is 0 Å². The third kappa shape index (κ3) is 2.35. The maximum Gasteiger partial charge on any atom is 0.334 e. The lowest BCUT2D eigenvalue weighted by atomic mass is 10.1. The summed E-state index contributed by atoms with van der Waals surface area (Å²) in [7, 11) is 1.79. The van der Waals surface area contributed by atoms with Gasteiger partial charge in [-0.1, -0.05) is 0 Å². The van der Waals surface area contributed by atoms with Crippen molar-refractivity contribution in [3.63, 3.8) is 0 Å². The molecule has 0 saturated heterocycles. The predicted octanol–water partition coefficient (Wildman–Crippen LogP) is 0.759. The number of hydrogen-bond donors (Lipinski definition) is 1. The molecule has 0 unspecified atom stereocenters. The molecule has 1 aliphatic heterocycles. The Hall–Kier alpha value is -2.11. The minimum atomic E-state index is -0.371. The number of fused-ring (bicyclic) bond motifs is 1. The van der Waals surface area contributed by atoms with Crippen molar-refractivity contribution in [3.05, 3.63) is 17.5 Å². The smallest absolute Gasteiger partial charge is 0.334 e. The van der Waals surface area contributed by atoms with Crippen LogP contribution in [-0.2, 0) is 16.6 Å². The van der Waals surface area contributed by atoms with Gasteiger partial charge in [-0.15, -0.1) is 0 Å². The fourth-order valence-electron chi connectivity index (χ4n) is 1.64. The second kappa shape index (κ2) is 4.40. The first-order valence-electron chi connectivity index (χ1n) is 5.34. The third-order valence-electron chi connectivity index (χ3n) is 2.32. The van der Waals surface area contributed by atoms with Crippen LogP contribution in [-0.4, -0.2) is 28.2 Å². The van der Waals surface area contributed by atoms with Crippen LogP contribution in [0.3, 0.4) is 0 Å². The number of carbonyl (C=O) groups is 1. The molecule has 17 heavy (non-hydrogen) atoms. The number of aromatic nitrogens is 2. The molecule has 0 amide bonds. The van der Waals surface area contributed by atoms with Crippen LogP contribution >= 0.6 is 0 Å². The fraction of sp³-hybridized carbons (Fsp3) is 0.364. The predicted molar refractivity (Wildman–Crippen MR) is 63.7 cm³/mol. The monoisotopic (exact) mass is 234 g/mol. The molecule has 0 spiro atoms. The molecule has 1 aromatic heterocycles. The van der Waals surface area contributed by atoms with Gasteiger partial charge in [0.15, 0.2) is 0 Å². The summed E-state index contributed by atoms with van der Waals surface area (Å²) in [4.78, 5) is 15.9. The van der Waals surface area contributed by atoms with Crippen LogP contribution in [0.4, 0.5) is 5.69 Å². The number of hydrogen-bond acceptors (Lipinski definition) is 5. The van der Waals surface area contributed by atoms with Crippen molar-refractivity contribution in [2.75, 3.05) is 6.61 Å². The minimum absolute atomic E-state index is 0.291. The Morgan fingerprint density at radius 1 is 1.65 bits per heavy atom. The lowest BCUT2D eigenvalue weighted by Crippen LogP contribution is -2.16. The number of ether oxygens (including phenoxy) is 1. The topological polar surface area (TPSA) is 82.5 Å². The maximum atomic E-state index is 11.7. The Labute approximate surface area is 98.8 Å². The summed E-state index contributed by atoms with van der Waals surface area (Å²) in [6.45, 7) is 2.10. The number of aliphatic imine (C=N–C) groups is 1.